The molecule has 90 valence electrons. The van der Waals surface area contributed by atoms with Crippen molar-refractivity contribution in [3.05, 3.63) is 29.8 Å². The fourth-order valence-electron chi connectivity index (χ4n) is 1.75. The van der Waals surface area contributed by atoms with Crippen LogP contribution < -0.4 is 10.6 Å². The predicted octanol–water partition coefficient (Wildman–Crippen LogP) is 2.95. The first kappa shape index (κ1) is 13.0. The van der Waals surface area contributed by atoms with Crippen LogP contribution in [0.2, 0.25) is 0 Å². The third-order valence-electron chi connectivity index (χ3n) is 3.08. The standard InChI is InChI=1S/C14H24N2/c1-4-13(15)10-11-16(5-2)14-8-6-12(3)7-9-14/h6-9,13H,4-5,10-11,15H2,1-3H3. The second kappa shape index (κ2) is 6.54. The maximum atomic E-state index is 5.95. The fraction of sp³-hybridized carbons (Fsp3) is 0.571. The van der Waals surface area contributed by atoms with E-state index in [1.54, 1.807) is 0 Å². The van der Waals surface area contributed by atoms with Crippen molar-refractivity contribution in [1.29, 1.82) is 0 Å². The molecule has 1 aromatic rings. The first-order chi connectivity index (χ1) is 7.67. The molecule has 2 N–H and O–H groups in total. The number of rotatable bonds is 6. The largest absolute Gasteiger partial charge is 0.372 e. The first-order valence-electron chi connectivity index (χ1n) is 6.24. The second-order valence-corrected chi connectivity index (χ2v) is 4.37. The van der Waals surface area contributed by atoms with E-state index >= 15 is 0 Å². The molecule has 0 fully saturated rings. The SMILES string of the molecule is CCC(N)CCN(CC)c1ccc(C)cc1. The number of hydrogen-bond donors (Lipinski definition) is 1. The zero-order valence-electron chi connectivity index (χ0n) is 10.7. The second-order valence-electron chi connectivity index (χ2n) is 4.37. The van der Waals surface area contributed by atoms with Crippen LogP contribution in [-0.4, -0.2) is 19.1 Å². The Morgan fingerprint density at radius 3 is 2.31 bits per heavy atom. The smallest absolute Gasteiger partial charge is 0.0366 e. The number of aryl methyl sites for hydroxylation is 1. The van der Waals surface area contributed by atoms with Gasteiger partial charge in [0, 0.05) is 24.8 Å². The summed E-state index contributed by atoms with van der Waals surface area (Å²) in [5, 5.41) is 0. The molecule has 1 aromatic carbocycles. The van der Waals surface area contributed by atoms with Gasteiger partial charge < -0.3 is 10.6 Å². The molecule has 0 aliphatic rings. The minimum atomic E-state index is 0.333. The average molecular weight is 220 g/mol. The molecule has 1 rings (SSSR count). The lowest BCUT2D eigenvalue weighted by Crippen LogP contribution is -2.30. The molecule has 0 aromatic heterocycles. The molecule has 0 aliphatic heterocycles. The monoisotopic (exact) mass is 220 g/mol. The predicted molar refractivity (Wildman–Crippen MR) is 71.9 cm³/mol. The van der Waals surface area contributed by atoms with E-state index in [-0.39, 0.29) is 0 Å². The molecule has 0 amide bonds. The van der Waals surface area contributed by atoms with Crippen molar-refractivity contribution in [3.63, 3.8) is 0 Å². The fourth-order valence-corrected chi connectivity index (χ4v) is 1.75. The Bertz CT molecular complexity index is 292. The lowest BCUT2D eigenvalue weighted by Gasteiger charge is -2.24. The highest BCUT2D eigenvalue weighted by Gasteiger charge is 2.06. The van der Waals surface area contributed by atoms with Gasteiger partial charge in [-0.05, 0) is 38.8 Å². The molecule has 16 heavy (non-hydrogen) atoms. The summed E-state index contributed by atoms with van der Waals surface area (Å²) in [5.74, 6) is 0. The lowest BCUT2D eigenvalue weighted by molar-refractivity contribution is 0.586. The van der Waals surface area contributed by atoms with E-state index in [2.05, 4.69) is 49.9 Å². The zero-order valence-corrected chi connectivity index (χ0v) is 10.7. The quantitative estimate of drug-likeness (QED) is 0.798. The molecule has 0 spiro atoms. The van der Waals surface area contributed by atoms with Crippen LogP contribution >= 0.6 is 0 Å². The molecule has 0 saturated carbocycles. The Hall–Kier alpha value is -1.02. The first-order valence-corrected chi connectivity index (χ1v) is 6.24. The molecule has 0 bridgehead atoms. The van der Waals surface area contributed by atoms with Gasteiger partial charge in [-0.25, -0.2) is 0 Å². The highest BCUT2D eigenvalue weighted by atomic mass is 15.1. The highest BCUT2D eigenvalue weighted by Crippen LogP contribution is 2.15. The van der Waals surface area contributed by atoms with Crippen molar-refractivity contribution < 1.29 is 0 Å². The van der Waals surface area contributed by atoms with E-state index in [1.807, 2.05) is 0 Å². The summed E-state index contributed by atoms with van der Waals surface area (Å²) >= 11 is 0. The zero-order chi connectivity index (χ0) is 12.0. The van der Waals surface area contributed by atoms with Crippen molar-refractivity contribution in [1.82, 2.24) is 0 Å². The third-order valence-corrected chi connectivity index (χ3v) is 3.08. The van der Waals surface area contributed by atoms with E-state index in [9.17, 15) is 0 Å². The normalized spacial score (nSPS) is 12.5. The summed E-state index contributed by atoms with van der Waals surface area (Å²) in [6.07, 6.45) is 2.13. The Morgan fingerprint density at radius 2 is 1.81 bits per heavy atom. The average Bonchev–Trinajstić information content (AvgIpc) is 2.31. The summed E-state index contributed by atoms with van der Waals surface area (Å²) in [5.41, 5.74) is 8.56. The molecule has 0 radical (unpaired) electrons. The third kappa shape index (κ3) is 3.86. The van der Waals surface area contributed by atoms with E-state index in [0.29, 0.717) is 6.04 Å². The van der Waals surface area contributed by atoms with E-state index in [0.717, 1.165) is 25.9 Å². The van der Waals surface area contributed by atoms with Gasteiger partial charge in [-0.3, -0.25) is 0 Å². The maximum absolute atomic E-state index is 5.95. The molecule has 1 atom stereocenters. The van der Waals surface area contributed by atoms with Gasteiger partial charge in [-0.2, -0.15) is 0 Å². The summed E-state index contributed by atoms with van der Waals surface area (Å²) in [7, 11) is 0. The van der Waals surface area contributed by atoms with Crippen LogP contribution in [0.25, 0.3) is 0 Å². The van der Waals surface area contributed by atoms with Gasteiger partial charge in [0.25, 0.3) is 0 Å². The van der Waals surface area contributed by atoms with Crippen molar-refractivity contribution in [2.75, 3.05) is 18.0 Å². The number of nitrogens with zero attached hydrogens (tertiary/aromatic N) is 1. The van der Waals surface area contributed by atoms with Crippen LogP contribution in [-0.2, 0) is 0 Å². The number of benzene rings is 1. The van der Waals surface area contributed by atoms with Crippen LogP contribution in [0.4, 0.5) is 5.69 Å². The van der Waals surface area contributed by atoms with Gasteiger partial charge in [0.05, 0.1) is 0 Å². The van der Waals surface area contributed by atoms with E-state index in [4.69, 9.17) is 5.73 Å². The van der Waals surface area contributed by atoms with Crippen LogP contribution in [0.5, 0.6) is 0 Å². The molecule has 2 nitrogen and oxygen atoms in total. The topological polar surface area (TPSA) is 29.3 Å². The van der Waals surface area contributed by atoms with E-state index < -0.39 is 0 Å². The molecule has 1 unspecified atom stereocenters. The van der Waals surface area contributed by atoms with Gasteiger partial charge >= 0.3 is 0 Å². The number of nitrogens with two attached hydrogens (primary N) is 1. The Kier molecular flexibility index (Phi) is 5.33. The maximum Gasteiger partial charge on any atom is 0.0366 e. The molecule has 0 heterocycles. The molecule has 2 heteroatoms. The van der Waals surface area contributed by atoms with Gasteiger partial charge in [0.1, 0.15) is 0 Å². The van der Waals surface area contributed by atoms with Crippen LogP contribution in [0.3, 0.4) is 0 Å². The summed E-state index contributed by atoms with van der Waals surface area (Å²) in [4.78, 5) is 2.38. The van der Waals surface area contributed by atoms with Crippen molar-refractivity contribution in [3.8, 4) is 0 Å². The minimum absolute atomic E-state index is 0.333. The highest BCUT2D eigenvalue weighted by molar-refractivity contribution is 5.47. The van der Waals surface area contributed by atoms with Crippen LogP contribution in [0, 0.1) is 6.92 Å². The molecular formula is C14H24N2. The molecular weight excluding hydrogens is 196 g/mol. The van der Waals surface area contributed by atoms with Gasteiger partial charge in [0.2, 0.25) is 0 Å². The van der Waals surface area contributed by atoms with Gasteiger partial charge in [-0.1, -0.05) is 24.6 Å². The number of hydrogen-bond acceptors (Lipinski definition) is 2. The summed E-state index contributed by atoms with van der Waals surface area (Å²) < 4.78 is 0. The van der Waals surface area contributed by atoms with Gasteiger partial charge in [-0.15, -0.1) is 0 Å². The Morgan fingerprint density at radius 1 is 1.19 bits per heavy atom. The van der Waals surface area contributed by atoms with Crippen molar-refractivity contribution in [2.45, 2.75) is 39.7 Å². The van der Waals surface area contributed by atoms with Crippen molar-refractivity contribution in [2.24, 2.45) is 5.73 Å². The molecule has 0 saturated heterocycles. The molecule has 0 aliphatic carbocycles. The Labute approximate surface area is 99.5 Å². The summed E-state index contributed by atoms with van der Waals surface area (Å²) in [6.45, 7) is 8.55. The van der Waals surface area contributed by atoms with Crippen molar-refractivity contribution >= 4 is 5.69 Å². The van der Waals surface area contributed by atoms with Gasteiger partial charge in [0.15, 0.2) is 0 Å². The Balaban J connectivity index is 2.57. The van der Waals surface area contributed by atoms with Crippen LogP contribution in [0.1, 0.15) is 32.3 Å². The lowest BCUT2D eigenvalue weighted by atomic mass is 10.1. The minimum Gasteiger partial charge on any atom is -0.372 e. The number of anilines is 1. The summed E-state index contributed by atoms with van der Waals surface area (Å²) in [6, 6.07) is 9.04. The van der Waals surface area contributed by atoms with Crippen LogP contribution in [0.15, 0.2) is 24.3 Å². The van der Waals surface area contributed by atoms with E-state index in [1.165, 1.54) is 11.3 Å².